The first-order chi connectivity index (χ1) is 12.6. The molecule has 0 unspecified atom stereocenters. The first-order valence-corrected chi connectivity index (χ1v) is 8.94. The van der Waals surface area contributed by atoms with Crippen LogP contribution in [0.2, 0.25) is 0 Å². The third kappa shape index (κ3) is 5.66. The van der Waals surface area contributed by atoms with Crippen molar-refractivity contribution < 1.29 is 4.92 Å². The summed E-state index contributed by atoms with van der Waals surface area (Å²) in [5.74, 6) is 0.737. The van der Waals surface area contributed by atoms with E-state index in [2.05, 4.69) is 39.9 Å². The number of nitro groups is 1. The van der Waals surface area contributed by atoms with Crippen molar-refractivity contribution in [3.05, 3.63) is 75.8 Å². The Bertz CT molecular complexity index is 792. The summed E-state index contributed by atoms with van der Waals surface area (Å²) in [6.45, 7) is 4.01. The molecule has 1 aliphatic rings. The zero-order chi connectivity index (χ0) is 18.4. The molecule has 0 heterocycles. The van der Waals surface area contributed by atoms with Gasteiger partial charge in [0.25, 0.3) is 5.69 Å². The van der Waals surface area contributed by atoms with E-state index in [1.165, 1.54) is 24.5 Å². The van der Waals surface area contributed by atoms with Crippen molar-refractivity contribution in [3.8, 4) is 0 Å². The number of benzene rings is 2. The molecular weight excluding hydrogens is 455 g/mol. The van der Waals surface area contributed by atoms with E-state index < -0.39 is 0 Å². The van der Waals surface area contributed by atoms with Gasteiger partial charge in [0, 0.05) is 30.6 Å². The molecule has 2 aromatic carbocycles. The highest BCUT2D eigenvalue weighted by Crippen LogP contribution is 2.47. The summed E-state index contributed by atoms with van der Waals surface area (Å²) < 4.78 is 0. The average Bonchev–Trinajstić information content (AvgIpc) is 3.46. The monoisotopic (exact) mass is 480 g/mol. The summed E-state index contributed by atoms with van der Waals surface area (Å²) in [7, 11) is 0. The lowest BCUT2D eigenvalue weighted by Gasteiger charge is -2.19. The molecule has 0 amide bonds. The molecule has 0 radical (unpaired) electrons. The molecule has 144 valence electrons. The second-order valence-corrected chi connectivity index (χ2v) is 6.62. The smallest absolute Gasteiger partial charge is 0.269 e. The van der Waals surface area contributed by atoms with Crippen LogP contribution >= 0.6 is 24.0 Å². The maximum absolute atomic E-state index is 10.9. The molecule has 2 N–H and O–H groups in total. The lowest BCUT2D eigenvalue weighted by atomic mass is 9.96. The minimum atomic E-state index is -0.382. The minimum absolute atomic E-state index is 0. The van der Waals surface area contributed by atoms with Gasteiger partial charge in [-0.15, -0.1) is 24.0 Å². The highest BCUT2D eigenvalue weighted by atomic mass is 127. The maximum atomic E-state index is 10.9. The molecule has 0 aliphatic heterocycles. The largest absolute Gasteiger partial charge is 0.357 e. The Hall–Kier alpha value is -2.16. The topological polar surface area (TPSA) is 79.6 Å². The van der Waals surface area contributed by atoms with Gasteiger partial charge in [-0.25, -0.2) is 4.99 Å². The van der Waals surface area contributed by atoms with E-state index in [9.17, 15) is 10.1 Å². The van der Waals surface area contributed by atoms with Crippen LogP contribution in [0.25, 0.3) is 0 Å². The van der Waals surface area contributed by atoms with Crippen molar-refractivity contribution in [2.45, 2.75) is 31.7 Å². The molecule has 1 fully saturated rings. The van der Waals surface area contributed by atoms with Gasteiger partial charge in [-0.1, -0.05) is 42.5 Å². The van der Waals surface area contributed by atoms with Gasteiger partial charge < -0.3 is 10.6 Å². The van der Waals surface area contributed by atoms with Gasteiger partial charge in [-0.2, -0.15) is 0 Å². The van der Waals surface area contributed by atoms with Crippen molar-refractivity contribution >= 4 is 35.6 Å². The summed E-state index contributed by atoms with van der Waals surface area (Å²) in [6, 6.07) is 17.2. The summed E-state index contributed by atoms with van der Waals surface area (Å²) in [5.41, 5.74) is 2.47. The first-order valence-electron chi connectivity index (χ1n) is 8.94. The van der Waals surface area contributed by atoms with Gasteiger partial charge in [0.2, 0.25) is 0 Å². The zero-order valence-electron chi connectivity index (χ0n) is 15.4. The quantitative estimate of drug-likeness (QED) is 0.207. The fraction of sp³-hybridized carbons (Fsp3) is 0.350. The Kier molecular flexibility index (Phi) is 7.58. The molecular formula is C20H25IN4O2. The average molecular weight is 480 g/mol. The van der Waals surface area contributed by atoms with E-state index in [0.717, 1.165) is 24.6 Å². The first kappa shape index (κ1) is 21.1. The van der Waals surface area contributed by atoms with Crippen molar-refractivity contribution in [1.29, 1.82) is 0 Å². The highest BCUT2D eigenvalue weighted by Gasteiger charge is 2.43. The minimum Gasteiger partial charge on any atom is -0.357 e. The molecule has 2 aromatic rings. The van der Waals surface area contributed by atoms with Gasteiger partial charge in [0.15, 0.2) is 5.96 Å². The van der Waals surface area contributed by atoms with Gasteiger partial charge in [-0.05, 0) is 30.9 Å². The number of guanidine groups is 1. The molecule has 0 spiro atoms. The molecule has 6 nitrogen and oxygen atoms in total. The Labute approximate surface area is 176 Å². The summed E-state index contributed by atoms with van der Waals surface area (Å²) >= 11 is 0. The van der Waals surface area contributed by atoms with E-state index in [-0.39, 0.29) is 40.0 Å². The van der Waals surface area contributed by atoms with Crippen LogP contribution in [0.1, 0.15) is 30.9 Å². The standard InChI is InChI=1S/C20H24N4O2.HI/c1-2-21-19(22-14-16-7-6-10-18(13-16)24(25)26)23-15-20(11-12-20)17-8-4-3-5-9-17;/h3-10,13H,2,11-12,14-15H2,1H3,(H2,21,22,23);1H. The third-order valence-corrected chi connectivity index (χ3v) is 4.72. The fourth-order valence-electron chi connectivity index (χ4n) is 3.04. The fourth-order valence-corrected chi connectivity index (χ4v) is 3.04. The van der Waals surface area contributed by atoms with Gasteiger partial charge in [0.05, 0.1) is 11.5 Å². The summed E-state index contributed by atoms with van der Waals surface area (Å²) in [5, 5.41) is 17.6. The van der Waals surface area contributed by atoms with Crippen LogP contribution in [0, 0.1) is 10.1 Å². The van der Waals surface area contributed by atoms with Crippen molar-refractivity contribution in [2.24, 2.45) is 4.99 Å². The molecule has 0 atom stereocenters. The zero-order valence-corrected chi connectivity index (χ0v) is 17.7. The highest BCUT2D eigenvalue weighted by molar-refractivity contribution is 14.0. The van der Waals surface area contributed by atoms with Crippen molar-refractivity contribution in [2.75, 3.05) is 13.1 Å². The van der Waals surface area contributed by atoms with Crippen molar-refractivity contribution in [3.63, 3.8) is 0 Å². The molecule has 0 bridgehead atoms. The number of rotatable bonds is 7. The molecule has 0 aromatic heterocycles. The van der Waals surface area contributed by atoms with E-state index in [4.69, 9.17) is 0 Å². The van der Waals surface area contributed by atoms with E-state index in [1.54, 1.807) is 12.1 Å². The Balaban J connectivity index is 0.00000261. The van der Waals surface area contributed by atoms with E-state index in [0.29, 0.717) is 6.54 Å². The van der Waals surface area contributed by atoms with E-state index in [1.807, 2.05) is 19.1 Å². The van der Waals surface area contributed by atoms with Crippen LogP contribution in [0.4, 0.5) is 5.69 Å². The molecule has 0 saturated heterocycles. The Morgan fingerprint density at radius 1 is 1.15 bits per heavy atom. The Morgan fingerprint density at radius 3 is 2.52 bits per heavy atom. The number of nitro benzene ring substituents is 1. The number of hydrogen-bond acceptors (Lipinski definition) is 3. The SMILES string of the molecule is CCNC(=NCc1cccc([N+](=O)[O-])c1)NCC1(c2ccccc2)CC1.I. The van der Waals surface area contributed by atoms with E-state index >= 15 is 0 Å². The maximum Gasteiger partial charge on any atom is 0.269 e. The second-order valence-electron chi connectivity index (χ2n) is 6.62. The number of halogens is 1. The lowest BCUT2D eigenvalue weighted by Crippen LogP contribution is -2.41. The molecule has 1 aliphatic carbocycles. The Morgan fingerprint density at radius 2 is 1.89 bits per heavy atom. The van der Waals surface area contributed by atoms with Crippen LogP contribution in [-0.2, 0) is 12.0 Å². The number of aliphatic imine (C=N–C) groups is 1. The number of non-ortho nitro benzene ring substituents is 1. The second kappa shape index (κ2) is 9.68. The van der Waals surface area contributed by atoms with Crippen LogP contribution in [0.15, 0.2) is 59.6 Å². The molecule has 27 heavy (non-hydrogen) atoms. The van der Waals surface area contributed by atoms with Crippen LogP contribution in [0.5, 0.6) is 0 Å². The van der Waals surface area contributed by atoms with Crippen molar-refractivity contribution in [1.82, 2.24) is 10.6 Å². The van der Waals surface area contributed by atoms with Crippen LogP contribution in [0.3, 0.4) is 0 Å². The van der Waals surface area contributed by atoms with Crippen LogP contribution in [-0.4, -0.2) is 24.0 Å². The molecule has 3 rings (SSSR count). The lowest BCUT2D eigenvalue weighted by molar-refractivity contribution is -0.384. The number of nitrogens with zero attached hydrogens (tertiary/aromatic N) is 2. The predicted octanol–water partition coefficient (Wildman–Crippen LogP) is 4.00. The third-order valence-electron chi connectivity index (χ3n) is 4.72. The molecule has 7 heteroatoms. The summed E-state index contributed by atoms with van der Waals surface area (Å²) in [6.07, 6.45) is 2.35. The normalized spacial score (nSPS) is 14.8. The van der Waals surface area contributed by atoms with Crippen LogP contribution < -0.4 is 10.6 Å². The predicted molar refractivity (Wildman–Crippen MR) is 119 cm³/mol. The van der Waals surface area contributed by atoms with Gasteiger partial charge >= 0.3 is 0 Å². The van der Waals surface area contributed by atoms with Gasteiger partial charge in [0.1, 0.15) is 0 Å². The summed E-state index contributed by atoms with van der Waals surface area (Å²) in [4.78, 5) is 15.1. The molecule has 1 saturated carbocycles. The number of hydrogen-bond donors (Lipinski definition) is 2. The van der Waals surface area contributed by atoms with Gasteiger partial charge in [-0.3, -0.25) is 10.1 Å². The number of nitrogens with one attached hydrogen (secondary N) is 2.